The van der Waals surface area contributed by atoms with Crippen molar-refractivity contribution < 1.29 is 4.79 Å². The van der Waals surface area contributed by atoms with Crippen molar-refractivity contribution in [3.8, 4) is 0 Å². The van der Waals surface area contributed by atoms with Crippen molar-refractivity contribution >= 4 is 35.8 Å². The Labute approximate surface area is 181 Å². The quantitative estimate of drug-likeness (QED) is 0.228. The molecule has 0 saturated heterocycles. The summed E-state index contributed by atoms with van der Waals surface area (Å²) in [5.41, 5.74) is 1.57. The molecule has 1 amide bonds. The van der Waals surface area contributed by atoms with Crippen molar-refractivity contribution in [2.24, 2.45) is 10.9 Å². The van der Waals surface area contributed by atoms with E-state index in [1.54, 1.807) is 0 Å². The largest absolute Gasteiger partial charge is 0.357 e. The molecule has 0 aliphatic heterocycles. The second kappa shape index (κ2) is 12.2. The third-order valence-electron chi connectivity index (χ3n) is 5.07. The highest BCUT2D eigenvalue weighted by Gasteiger charge is 2.35. The van der Waals surface area contributed by atoms with Gasteiger partial charge in [0.15, 0.2) is 5.96 Å². The monoisotopic (exact) mass is 486 g/mol. The van der Waals surface area contributed by atoms with Crippen molar-refractivity contribution in [1.82, 2.24) is 16.0 Å². The van der Waals surface area contributed by atoms with Gasteiger partial charge in [0.2, 0.25) is 5.91 Å². The Morgan fingerprint density at radius 3 is 2.30 bits per heavy atom. The van der Waals surface area contributed by atoms with E-state index >= 15 is 0 Å². The molecule has 1 aliphatic rings. The molecule has 1 aliphatic carbocycles. The molecule has 6 heteroatoms. The van der Waals surface area contributed by atoms with E-state index < -0.39 is 0 Å². The summed E-state index contributed by atoms with van der Waals surface area (Å²) < 4.78 is 0. The Balaban J connectivity index is 0.00000364. The number of nitrogens with one attached hydrogen (secondary N) is 3. The van der Waals surface area contributed by atoms with Gasteiger partial charge in [-0.05, 0) is 25.3 Å². The molecule has 1 aromatic carbocycles. The third kappa shape index (κ3) is 7.31. The van der Waals surface area contributed by atoms with Crippen molar-refractivity contribution in [2.75, 3.05) is 26.2 Å². The Hall–Kier alpha value is -1.31. The van der Waals surface area contributed by atoms with E-state index in [1.807, 2.05) is 13.8 Å². The van der Waals surface area contributed by atoms with Gasteiger partial charge in [-0.25, -0.2) is 0 Å². The smallest absolute Gasteiger partial charge is 0.222 e. The average Bonchev–Trinajstić information content (AvgIpc) is 3.13. The lowest BCUT2D eigenvalue weighted by Crippen LogP contribution is -2.43. The summed E-state index contributed by atoms with van der Waals surface area (Å²) in [4.78, 5) is 16.5. The third-order valence-corrected chi connectivity index (χ3v) is 5.07. The Morgan fingerprint density at radius 2 is 1.70 bits per heavy atom. The van der Waals surface area contributed by atoms with Crippen LogP contribution < -0.4 is 16.0 Å². The minimum atomic E-state index is 0. The fourth-order valence-corrected chi connectivity index (χ4v) is 3.52. The maximum absolute atomic E-state index is 11.6. The zero-order valence-electron chi connectivity index (χ0n) is 16.9. The van der Waals surface area contributed by atoms with Gasteiger partial charge in [0, 0.05) is 31.0 Å². The first-order chi connectivity index (χ1) is 12.6. The highest BCUT2D eigenvalue weighted by atomic mass is 127. The number of carbonyl (C=O) groups excluding carboxylic acids is 1. The normalized spacial score (nSPS) is 15.9. The highest BCUT2D eigenvalue weighted by Crippen LogP contribution is 2.41. The van der Waals surface area contributed by atoms with Crippen LogP contribution in [0.5, 0.6) is 0 Å². The SMILES string of the molecule is CCNC(=NCC1(c2ccccc2)CCCC1)NCCNC(=O)C(C)C.I. The first-order valence-electron chi connectivity index (χ1n) is 9.93. The number of aliphatic imine (C=N–C) groups is 1. The molecule has 5 nitrogen and oxygen atoms in total. The Kier molecular flexibility index (Phi) is 10.7. The zero-order valence-corrected chi connectivity index (χ0v) is 19.2. The zero-order chi connectivity index (χ0) is 18.8. The van der Waals surface area contributed by atoms with E-state index in [9.17, 15) is 4.79 Å². The van der Waals surface area contributed by atoms with Crippen LogP contribution in [-0.2, 0) is 10.2 Å². The summed E-state index contributed by atoms with van der Waals surface area (Å²) in [5.74, 6) is 0.932. The van der Waals surface area contributed by atoms with Gasteiger partial charge in [-0.2, -0.15) is 0 Å². The first kappa shape index (κ1) is 23.7. The number of amides is 1. The van der Waals surface area contributed by atoms with Gasteiger partial charge in [-0.15, -0.1) is 24.0 Å². The molecule has 3 N–H and O–H groups in total. The number of benzene rings is 1. The molecule has 0 unspecified atom stereocenters. The molecule has 0 radical (unpaired) electrons. The fraction of sp³-hybridized carbons (Fsp3) is 0.619. The summed E-state index contributed by atoms with van der Waals surface area (Å²) in [7, 11) is 0. The van der Waals surface area contributed by atoms with E-state index in [-0.39, 0.29) is 41.2 Å². The molecule has 0 spiro atoms. The van der Waals surface area contributed by atoms with E-state index in [2.05, 4.69) is 53.2 Å². The maximum atomic E-state index is 11.6. The number of nitrogens with zero attached hydrogens (tertiary/aromatic N) is 1. The molecule has 152 valence electrons. The van der Waals surface area contributed by atoms with Crippen LogP contribution in [0.2, 0.25) is 0 Å². The lowest BCUT2D eigenvalue weighted by atomic mass is 9.79. The molecular formula is C21H35IN4O. The standard InChI is InChI=1S/C21H34N4O.HI/c1-4-22-20(24-15-14-23-19(26)17(2)3)25-16-21(12-8-9-13-21)18-10-6-5-7-11-18;/h5-7,10-11,17H,4,8-9,12-16H2,1-3H3,(H,23,26)(H2,22,24,25);1H. The second-order valence-electron chi connectivity index (χ2n) is 7.42. The van der Waals surface area contributed by atoms with Crippen molar-refractivity contribution in [2.45, 2.75) is 51.9 Å². The van der Waals surface area contributed by atoms with Crippen LogP contribution in [0.15, 0.2) is 35.3 Å². The van der Waals surface area contributed by atoms with Gasteiger partial charge in [0.05, 0.1) is 6.54 Å². The van der Waals surface area contributed by atoms with Crippen LogP contribution in [0.4, 0.5) is 0 Å². The van der Waals surface area contributed by atoms with E-state index in [0.29, 0.717) is 13.1 Å². The molecule has 0 bridgehead atoms. The van der Waals surface area contributed by atoms with Gasteiger partial charge < -0.3 is 16.0 Å². The summed E-state index contributed by atoms with van der Waals surface area (Å²) in [6, 6.07) is 10.8. The van der Waals surface area contributed by atoms with Crippen molar-refractivity contribution in [3.63, 3.8) is 0 Å². The van der Waals surface area contributed by atoms with Crippen LogP contribution in [0, 0.1) is 5.92 Å². The number of hydrogen-bond acceptors (Lipinski definition) is 2. The summed E-state index contributed by atoms with van der Waals surface area (Å²) in [6.07, 6.45) is 4.94. The molecule has 0 atom stereocenters. The van der Waals surface area contributed by atoms with Gasteiger partial charge in [-0.1, -0.05) is 57.0 Å². The second-order valence-corrected chi connectivity index (χ2v) is 7.42. The summed E-state index contributed by atoms with van der Waals surface area (Å²) in [6.45, 7) is 8.76. The Bertz CT molecular complexity index is 583. The number of rotatable bonds is 8. The average molecular weight is 486 g/mol. The van der Waals surface area contributed by atoms with E-state index in [1.165, 1.54) is 31.2 Å². The number of guanidine groups is 1. The lowest BCUT2D eigenvalue weighted by Gasteiger charge is -2.28. The van der Waals surface area contributed by atoms with Gasteiger partial charge in [-0.3, -0.25) is 9.79 Å². The summed E-state index contributed by atoms with van der Waals surface area (Å²) in [5, 5.41) is 9.57. The molecular weight excluding hydrogens is 451 g/mol. The topological polar surface area (TPSA) is 65.5 Å². The number of hydrogen-bond donors (Lipinski definition) is 3. The maximum Gasteiger partial charge on any atom is 0.222 e. The minimum absolute atomic E-state index is 0. The van der Waals surface area contributed by atoms with Gasteiger partial charge in [0.1, 0.15) is 0 Å². The number of halogens is 1. The fourth-order valence-electron chi connectivity index (χ4n) is 3.52. The highest BCUT2D eigenvalue weighted by molar-refractivity contribution is 14.0. The molecule has 1 fully saturated rings. The predicted octanol–water partition coefficient (Wildman–Crippen LogP) is 3.44. The first-order valence-corrected chi connectivity index (χ1v) is 9.93. The Morgan fingerprint density at radius 1 is 1.07 bits per heavy atom. The van der Waals surface area contributed by atoms with Crippen molar-refractivity contribution in [1.29, 1.82) is 0 Å². The predicted molar refractivity (Wildman–Crippen MR) is 124 cm³/mol. The van der Waals surface area contributed by atoms with Crippen LogP contribution in [0.25, 0.3) is 0 Å². The van der Waals surface area contributed by atoms with Crippen LogP contribution >= 0.6 is 24.0 Å². The van der Waals surface area contributed by atoms with Gasteiger partial charge >= 0.3 is 0 Å². The molecule has 1 saturated carbocycles. The molecule has 0 heterocycles. The molecule has 2 rings (SSSR count). The minimum Gasteiger partial charge on any atom is -0.357 e. The van der Waals surface area contributed by atoms with E-state index in [0.717, 1.165) is 19.0 Å². The van der Waals surface area contributed by atoms with Crippen molar-refractivity contribution in [3.05, 3.63) is 35.9 Å². The van der Waals surface area contributed by atoms with E-state index in [4.69, 9.17) is 4.99 Å². The van der Waals surface area contributed by atoms with Crippen LogP contribution in [0.1, 0.15) is 52.0 Å². The lowest BCUT2D eigenvalue weighted by molar-refractivity contribution is -0.123. The van der Waals surface area contributed by atoms with Gasteiger partial charge in [0.25, 0.3) is 0 Å². The van der Waals surface area contributed by atoms with Crippen LogP contribution in [-0.4, -0.2) is 38.0 Å². The molecule has 0 aromatic heterocycles. The van der Waals surface area contributed by atoms with Crippen LogP contribution in [0.3, 0.4) is 0 Å². The molecule has 27 heavy (non-hydrogen) atoms. The summed E-state index contributed by atoms with van der Waals surface area (Å²) >= 11 is 0. The number of carbonyl (C=O) groups is 1. The molecule has 1 aromatic rings.